The lowest BCUT2D eigenvalue weighted by atomic mass is 10.1. The molecule has 0 aliphatic carbocycles. The van der Waals surface area contributed by atoms with E-state index < -0.39 is 0 Å². The standard InChI is InChI=1S/C12H12BrIN2O2/c13-8-1-2-11(14)10(7-8)12(17)16-5-3-9(15-18)4-6-16/h1-2,7,18H,3-6H2. The fraction of sp³-hybridized carbons (Fsp3) is 0.333. The van der Waals surface area contributed by atoms with Crippen LogP contribution in [0.2, 0.25) is 0 Å². The van der Waals surface area contributed by atoms with Gasteiger partial charge in [0, 0.05) is 34.0 Å². The summed E-state index contributed by atoms with van der Waals surface area (Å²) in [7, 11) is 0. The molecule has 1 saturated heterocycles. The molecule has 0 aromatic heterocycles. The van der Waals surface area contributed by atoms with Crippen molar-refractivity contribution >= 4 is 50.1 Å². The molecule has 1 aromatic carbocycles. The van der Waals surface area contributed by atoms with Gasteiger partial charge in [-0.25, -0.2) is 0 Å². The highest BCUT2D eigenvalue weighted by atomic mass is 127. The van der Waals surface area contributed by atoms with E-state index in [1.807, 2.05) is 18.2 Å². The molecule has 6 heteroatoms. The van der Waals surface area contributed by atoms with Crippen molar-refractivity contribution in [2.45, 2.75) is 12.8 Å². The number of piperidine rings is 1. The van der Waals surface area contributed by atoms with Crippen LogP contribution in [0.15, 0.2) is 27.8 Å². The summed E-state index contributed by atoms with van der Waals surface area (Å²) in [6, 6.07) is 5.69. The Bertz CT molecular complexity index is 495. The van der Waals surface area contributed by atoms with E-state index in [2.05, 4.69) is 43.7 Å². The van der Waals surface area contributed by atoms with Gasteiger partial charge in [0.05, 0.1) is 11.3 Å². The van der Waals surface area contributed by atoms with Crippen molar-refractivity contribution in [1.29, 1.82) is 0 Å². The van der Waals surface area contributed by atoms with Crippen LogP contribution in [0.25, 0.3) is 0 Å². The van der Waals surface area contributed by atoms with Gasteiger partial charge < -0.3 is 10.1 Å². The Labute approximate surface area is 127 Å². The smallest absolute Gasteiger partial charge is 0.254 e. The van der Waals surface area contributed by atoms with E-state index in [4.69, 9.17) is 5.21 Å². The maximum Gasteiger partial charge on any atom is 0.254 e. The molecular weight excluding hydrogens is 411 g/mol. The summed E-state index contributed by atoms with van der Waals surface area (Å²) in [4.78, 5) is 14.2. The Morgan fingerprint density at radius 1 is 1.39 bits per heavy atom. The molecule has 2 rings (SSSR count). The Morgan fingerprint density at radius 2 is 2.06 bits per heavy atom. The fourth-order valence-electron chi connectivity index (χ4n) is 1.90. The summed E-state index contributed by atoms with van der Waals surface area (Å²) in [6.07, 6.45) is 1.29. The van der Waals surface area contributed by atoms with Crippen molar-refractivity contribution in [2.75, 3.05) is 13.1 Å². The second kappa shape index (κ2) is 6.01. The van der Waals surface area contributed by atoms with Crippen LogP contribution in [0.1, 0.15) is 23.2 Å². The van der Waals surface area contributed by atoms with Crippen LogP contribution < -0.4 is 0 Å². The second-order valence-corrected chi connectivity index (χ2v) is 6.16. The largest absolute Gasteiger partial charge is 0.411 e. The van der Waals surface area contributed by atoms with Gasteiger partial charge in [-0.15, -0.1) is 0 Å². The number of carbonyl (C=O) groups is 1. The molecule has 4 nitrogen and oxygen atoms in total. The normalized spacial score (nSPS) is 15.7. The topological polar surface area (TPSA) is 52.9 Å². The summed E-state index contributed by atoms with van der Waals surface area (Å²) in [5.74, 6) is 0.0395. The Kier molecular flexibility index (Phi) is 4.60. The zero-order valence-corrected chi connectivity index (χ0v) is 13.3. The van der Waals surface area contributed by atoms with Crippen LogP contribution in [0.5, 0.6) is 0 Å². The molecule has 0 radical (unpaired) electrons. The number of halogens is 2. The van der Waals surface area contributed by atoms with Gasteiger partial charge in [-0.1, -0.05) is 21.1 Å². The first-order chi connectivity index (χ1) is 8.61. The van der Waals surface area contributed by atoms with Gasteiger partial charge in [0.2, 0.25) is 0 Å². The van der Waals surface area contributed by atoms with Crippen molar-refractivity contribution in [3.63, 3.8) is 0 Å². The van der Waals surface area contributed by atoms with Crippen LogP contribution in [0.4, 0.5) is 0 Å². The molecule has 18 heavy (non-hydrogen) atoms. The van der Waals surface area contributed by atoms with E-state index in [9.17, 15) is 4.79 Å². The third kappa shape index (κ3) is 3.03. The maximum atomic E-state index is 12.4. The zero-order valence-electron chi connectivity index (χ0n) is 9.57. The van der Waals surface area contributed by atoms with Gasteiger partial charge in [0.1, 0.15) is 0 Å². The predicted octanol–water partition coefficient (Wildman–Crippen LogP) is 3.12. The van der Waals surface area contributed by atoms with Gasteiger partial charge >= 0.3 is 0 Å². The monoisotopic (exact) mass is 422 g/mol. The third-order valence-corrected chi connectivity index (χ3v) is 4.36. The van der Waals surface area contributed by atoms with Crippen LogP contribution in [-0.4, -0.2) is 34.8 Å². The highest BCUT2D eigenvalue weighted by molar-refractivity contribution is 14.1. The number of hydrogen-bond donors (Lipinski definition) is 1. The quantitative estimate of drug-likeness (QED) is 0.429. The lowest BCUT2D eigenvalue weighted by Gasteiger charge is -2.27. The van der Waals surface area contributed by atoms with Crippen molar-refractivity contribution < 1.29 is 10.0 Å². The number of hydrogen-bond acceptors (Lipinski definition) is 3. The number of likely N-dealkylation sites (tertiary alicyclic amines) is 1. The van der Waals surface area contributed by atoms with Gasteiger partial charge in [-0.3, -0.25) is 4.79 Å². The van der Waals surface area contributed by atoms with Crippen LogP contribution in [0.3, 0.4) is 0 Å². The number of rotatable bonds is 1. The van der Waals surface area contributed by atoms with Gasteiger partial charge in [-0.2, -0.15) is 0 Å². The molecule has 0 spiro atoms. The predicted molar refractivity (Wildman–Crippen MR) is 81.2 cm³/mol. The van der Waals surface area contributed by atoms with Gasteiger partial charge in [0.25, 0.3) is 5.91 Å². The van der Waals surface area contributed by atoms with E-state index in [1.165, 1.54) is 0 Å². The first-order valence-electron chi connectivity index (χ1n) is 5.56. The SMILES string of the molecule is O=C(c1cc(Br)ccc1I)N1CCC(=NO)CC1. The van der Waals surface area contributed by atoms with E-state index in [1.54, 1.807) is 4.90 Å². The third-order valence-electron chi connectivity index (χ3n) is 2.93. The molecule has 1 aliphatic heterocycles. The summed E-state index contributed by atoms with van der Waals surface area (Å²) >= 11 is 5.55. The van der Waals surface area contributed by atoms with E-state index in [0.717, 1.165) is 19.3 Å². The van der Waals surface area contributed by atoms with Crippen LogP contribution in [-0.2, 0) is 0 Å². The molecule has 1 aromatic rings. The minimum Gasteiger partial charge on any atom is -0.411 e. The highest BCUT2D eigenvalue weighted by Crippen LogP contribution is 2.21. The minimum absolute atomic E-state index is 0.0395. The van der Waals surface area contributed by atoms with Crippen molar-refractivity contribution in [3.05, 3.63) is 31.8 Å². The molecule has 0 atom stereocenters. The first kappa shape index (κ1) is 13.8. The van der Waals surface area contributed by atoms with Crippen LogP contribution >= 0.6 is 38.5 Å². The number of amides is 1. The van der Waals surface area contributed by atoms with Crippen LogP contribution in [0, 0.1) is 3.57 Å². The highest BCUT2D eigenvalue weighted by Gasteiger charge is 2.22. The number of nitrogens with zero attached hydrogens (tertiary/aromatic N) is 2. The lowest BCUT2D eigenvalue weighted by molar-refractivity contribution is 0.0752. The van der Waals surface area contributed by atoms with E-state index in [0.29, 0.717) is 25.9 Å². The molecular formula is C12H12BrIN2O2. The molecule has 1 heterocycles. The molecule has 1 N–H and O–H groups in total. The first-order valence-corrected chi connectivity index (χ1v) is 7.43. The minimum atomic E-state index is 0.0395. The van der Waals surface area contributed by atoms with E-state index >= 15 is 0 Å². The molecule has 0 saturated carbocycles. The summed E-state index contributed by atoms with van der Waals surface area (Å²) < 4.78 is 1.85. The van der Waals surface area contributed by atoms with Crippen molar-refractivity contribution in [2.24, 2.45) is 5.16 Å². The molecule has 1 aliphatic rings. The number of benzene rings is 1. The average Bonchev–Trinajstić information content (AvgIpc) is 2.41. The molecule has 96 valence electrons. The van der Waals surface area contributed by atoms with Gasteiger partial charge in [0.15, 0.2) is 0 Å². The van der Waals surface area contributed by atoms with Crippen molar-refractivity contribution in [1.82, 2.24) is 4.90 Å². The maximum absolute atomic E-state index is 12.4. The fourth-order valence-corrected chi connectivity index (χ4v) is 2.83. The lowest BCUT2D eigenvalue weighted by Crippen LogP contribution is -2.39. The van der Waals surface area contributed by atoms with E-state index in [-0.39, 0.29) is 5.91 Å². The molecule has 1 fully saturated rings. The Hall–Kier alpha value is -0.630. The zero-order chi connectivity index (χ0) is 13.1. The summed E-state index contributed by atoms with van der Waals surface area (Å²) in [6.45, 7) is 1.22. The summed E-state index contributed by atoms with van der Waals surface area (Å²) in [5, 5.41) is 11.9. The number of carbonyl (C=O) groups excluding carboxylic acids is 1. The average molecular weight is 423 g/mol. The second-order valence-electron chi connectivity index (χ2n) is 4.08. The molecule has 0 unspecified atom stereocenters. The Balaban J connectivity index is 2.15. The molecule has 0 bridgehead atoms. The van der Waals surface area contributed by atoms with Crippen molar-refractivity contribution in [3.8, 4) is 0 Å². The summed E-state index contributed by atoms with van der Waals surface area (Å²) in [5.41, 5.74) is 1.48. The molecule has 1 amide bonds. The van der Waals surface area contributed by atoms with Gasteiger partial charge in [-0.05, 0) is 40.8 Å². The Morgan fingerprint density at radius 3 is 2.67 bits per heavy atom. The number of oxime groups is 1.